The Bertz CT molecular complexity index is 291. The van der Waals surface area contributed by atoms with Crippen molar-refractivity contribution in [1.29, 1.82) is 0 Å². The van der Waals surface area contributed by atoms with Crippen LogP contribution in [0.1, 0.15) is 43.9 Å². The number of hydrogen-bond donors (Lipinski definition) is 1. The van der Waals surface area contributed by atoms with Crippen LogP contribution < -0.4 is 5.73 Å². The second-order valence-electron chi connectivity index (χ2n) is 4.07. The summed E-state index contributed by atoms with van der Waals surface area (Å²) in [6, 6.07) is 3.98. The molecule has 2 N–H and O–H groups in total. The first-order chi connectivity index (χ1) is 6.77. The molecule has 14 heavy (non-hydrogen) atoms. The molecule has 0 unspecified atom stereocenters. The number of hydrogen-bond acceptors (Lipinski definition) is 2. The van der Waals surface area contributed by atoms with E-state index in [-0.39, 0.29) is 6.04 Å². The van der Waals surface area contributed by atoms with Crippen molar-refractivity contribution in [2.75, 3.05) is 0 Å². The van der Waals surface area contributed by atoms with Crippen LogP contribution >= 0.6 is 15.9 Å². The highest BCUT2D eigenvalue weighted by atomic mass is 79.9. The average Bonchev–Trinajstić information content (AvgIpc) is 2.65. The van der Waals surface area contributed by atoms with Crippen molar-refractivity contribution in [3.63, 3.8) is 0 Å². The standard InChI is InChI=1S/C11H16BrNO/c12-10-7-6-9(14-10)11(13)8-4-2-1-3-5-8/h6-8,11H,1-5,13H2/t11-/m1/s1. The summed E-state index contributed by atoms with van der Waals surface area (Å²) in [7, 11) is 0. The average molecular weight is 258 g/mol. The Balaban J connectivity index is 2.03. The first-order valence-corrected chi connectivity index (χ1v) is 6.07. The molecule has 0 aliphatic heterocycles. The van der Waals surface area contributed by atoms with Gasteiger partial charge in [-0.05, 0) is 46.8 Å². The Labute approximate surface area is 93.0 Å². The minimum Gasteiger partial charge on any atom is -0.453 e. The van der Waals surface area contributed by atoms with Crippen LogP contribution in [-0.2, 0) is 0 Å². The Morgan fingerprint density at radius 3 is 2.57 bits per heavy atom. The maximum Gasteiger partial charge on any atom is 0.169 e. The minimum absolute atomic E-state index is 0.0848. The van der Waals surface area contributed by atoms with Crippen molar-refractivity contribution in [1.82, 2.24) is 0 Å². The number of nitrogens with two attached hydrogens (primary N) is 1. The molecule has 1 aromatic heterocycles. The second kappa shape index (κ2) is 4.49. The van der Waals surface area contributed by atoms with E-state index in [2.05, 4.69) is 15.9 Å². The summed E-state index contributed by atoms with van der Waals surface area (Å²) in [5.41, 5.74) is 6.17. The fourth-order valence-corrected chi connectivity index (χ4v) is 2.55. The summed E-state index contributed by atoms with van der Waals surface area (Å²) >= 11 is 3.30. The topological polar surface area (TPSA) is 39.2 Å². The molecule has 1 aliphatic carbocycles. The van der Waals surface area contributed by atoms with E-state index in [4.69, 9.17) is 10.2 Å². The van der Waals surface area contributed by atoms with Crippen molar-refractivity contribution < 1.29 is 4.42 Å². The monoisotopic (exact) mass is 257 g/mol. The van der Waals surface area contributed by atoms with E-state index in [1.54, 1.807) is 0 Å². The van der Waals surface area contributed by atoms with E-state index in [1.807, 2.05) is 12.1 Å². The van der Waals surface area contributed by atoms with Crippen molar-refractivity contribution in [3.05, 3.63) is 22.6 Å². The quantitative estimate of drug-likeness (QED) is 0.879. The molecule has 0 aromatic carbocycles. The lowest BCUT2D eigenvalue weighted by atomic mass is 9.83. The van der Waals surface area contributed by atoms with Gasteiger partial charge in [0.2, 0.25) is 0 Å². The summed E-state index contributed by atoms with van der Waals surface area (Å²) in [5, 5.41) is 0. The zero-order valence-corrected chi connectivity index (χ0v) is 9.79. The summed E-state index contributed by atoms with van der Waals surface area (Å²) < 4.78 is 6.27. The summed E-state index contributed by atoms with van der Waals surface area (Å²) in [5.74, 6) is 1.53. The van der Waals surface area contributed by atoms with Gasteiger partial charge in [-0.2, -0.15) is 0 Å². The summed E-state index contributed by atoms with van der Waals surface area (Å²) in [6.07, 6.45) is 6.50. The fourth-order valence-electron chi connectivity index (χ4n) is 2.23. The first-order valence-electron chi connectivity index (χ1n) is 5.28. The predicted octanol–water partition coefficient (Wildman–Crippen LogP) is 3.62. The van der Waals surface area contributed by atoms with Gasteiger partial charge >= 0.3 is 0 Å². The van der Waals surface area contributed by atoms with Crippen LogP contribution in [-0.4, -0.2) is 0 Å². The third-order valence-electron chi connectivity index (χ3n) is 3.08. The fraction of sp³-hybridized carbons (Fsp3) is 0.636. The molecule has 1 heterocycles. The SMILES string of the molecule is N[C@@H](c1ccc(Br)o1)C1CCCCC1. The molecule has 1 aromatic rings. The molecule has 0 spiro atoms. The van der Waals surface area contributed by atoms with Crippen LogP contribution in [0.4, 0.5) is 0 Å². The van der Waals surface area contributed by atoms with Gasteiger partial charge in [0.05, 0.1) is 6.04 Å². The number of furan rings is 1. The molecule has 1 saturated carbocycles. The molecule has 2 rings (SSSR count). The molecule has 1 atom stereocenters. The van der Waals surface area contributed by atoms with Crippen LogP contribution in [0, 0.1) is 5.92 Å². The van der Waals surface area contributed by atoms with Gasteiger partial charge in [0.15, 0.2) is 4.67 Å². The number of halogens is 1. The Morgan fingerprint density at radius 2 is 2.00 bits per heavy atom. The summed E-state index contributed by atoms with van der Waals surface area (Å²) in [6.45, 7) is 0. The molecule has 1 aliphatic rings. The highest BCUT2D eigenvalue weighted by molar-refractivity contribution is 9.10. The zero-order valence-electron chi connectivity index (χ0n) is 8.21. The van der Waals surface area contributed by atoms with Gasteiger partial charge in [0.25, 0.3) is 0 Å². The third kappa shape index (κ3) is 2.20. The number of rotatable bonds is 2. The van der Waals surface area contributed by atoms with E-state index >= 15 is 0 Å². The molecule has 3 heteroatoms. The molecule has 0 amide bonds. The van der Waals surface area contributed by atoms with Crippen molar-refractivity contribution >= 4 is 15.9 Å². The maximum absolute atomic E-state index is 6.17. The highest BCUT2D eigenvalue weighted by Crippen LogP contribution is 2.33. The van der Waals surface area contributed by atoms with Crippen LogP contribution in [0.15, 0.2) is 21.2 Å². The van der Waals surface area contributed by atoms with Crippen LogP contribution in [0.5, 0.6) is 0 Å². The highest BCUT2D eigenvalue weighted by Gasteiger charge is 2.23. The molecule has 0 bridgehead atoms. The molecular formula is C11H16BrNO. The van der Waals surface area contributed by atoms with Crippen LogP contribution in [0.3, 0.4) is 0 Å². The lowest BCUT2D eigenvalue weighted by Crippen LogP contribution is -2.22. The van der Waals surface area contributed by atoms with Crippen LogP contribution in [0.2, 0.25) is 0 Å². The van der Waals surface area contributed by atoms with E-state index in [0.717, 1.165) is 10.4 Å². The Hall–Kier alpha value is -0.280. The largest absolute Gasteiger partial charge is 0.453 e. The van der Waals surface area contributed by atoms with E-state index in [1.165, 1.54) is 32.1 Å². The van der Waals surface area contributed by atoms with Gasteiger partial charge in [-0.25, -0.2) is 0 Å². The molecule has 1 fully saturated rings. The third-order valence-corrected chi connectivity index (χ3v) is 3.51. The molecule has 2 nitrogen and oxygen atoms in total. The van der Waals surface area contributed by atoms with E-state index < -0.39 is 0 Å². The van der Waals surface area contributed by atoms with Gasteiger partial charge < -0.3 is 10.2 Å². The van der Waals surface area contributed by atoms with E-state index in [0.29, 0.717) is 5.92 Å². The van der Waals surface area contributed by atoms with Gasteiger partial charge in [-0.1, -0.05) is 19.3 Å². The molecule has 78 valence electrons. The lowest BCUT2D eigenvalue weighted by Gasteiger charge is -2.25. The smallest absolute Gasteiger partial charge is 0.169 e. The van der Waals surface area contributed by atoms with Gasteiger partial charge in [0.1, 0.15) is 5.76 Å². The zero-order chi connectivity index (χ0) is 9.97. The van der Waals surface area contributed by atoms with Gasteiger partial charge in [-0.3, -0.25) is 0 Å². The first kappa shape index (κ1) is 10.2. The molecule has 0 saturated heterocycles. The normalized spacial score (nSPS) is 21.0. The van der Waals surface area contributed by atoms with Crippen molar-refractivity contribution in [2.24, 2.45) is 11.7 Å². The predicted molar refractivity (Wildman–Crippen MR) is 59.9 cm³/mol. The molecule has 0 radical (unpaired) electrons. The van der Waals surface area contributed by atoms with Gasteiger partial charge in [0, 0.05) is 0 Å². The minimum atomic E-state index is 0.0848. The Kier molecular flexibility index (Phi) is 3.29. The Morgan fingerprint density at radius 1 is 1.29 bits per heavy atom. The molecular weight excluding hydrogens is 242 g/mol. The van der Waals surface area contributed by atoms with Gasteiger partial charge in [-0.15, -0.1) is 0 Å². The lowest BCUT2D eigenvalue weighted by molar-refractivity contribution is 0.278. The van der Waals surface area contributed by atoms with Crippen LogP contribution in [0.25, 0.3) is 0 Å². The summed E-state index contributed by atoms with van der Waals surface area (Å²) in [4.78, 5) is 0. The maximum atomic E-state index is 6.17. The van der Waals surface area contributed by atoms with E-state index in [9.17, 15) is 0 Å². The van der Waals surface area contributed by atoms with Crippen molar-refractivity contribution in [2.45, 2.75) is 38.1 Å². The second-order valence-corrected chi connectivity index (χ2v) is 4.85. The van der Waals surface area contributed by atoms with Crippen molar-refractivity contribution in [3.8, 4) is 0 Å².